The van der Waals surface area contributed by atoms with Crippen LogP contribution in [0.4, 0.5) is 5.82 Å². The number of nitrogens with one attached hydrogen (secondary N) is 1. The van der Waals surface area contributed by atoms with Gasteiger partial charge in [-0.15, -0.1) is 0 Å². The number of hydrogen-bond donors (Lipinski definition) is 1. The van der Waals surface area contributed by atoms with E-state index >= 15 is 0 Å². The zero-order chi connectivity index (χ0) is 18.5. The summed E-state index contributed by atoms with van der Waals surface area (Å²) in [5.41, 5.74) is 2.25. The minimum absolute atomic E-state index is 0.0605. The van der Waals surface area contributed by atoms with Crippen molar-refractivity contribution in [1.82, 2.24) is 14.3 Å². The molecule has 3 aromatic rings. The molecular formula is C18H20N4O3S. The lowest BCUT2D eigenvalue weighted by molar-refractivity contribution is 0.101. The quantitative estimate of drug-likeness (QED) is 0.764. The standard InChI is InChI=1S/C18H20N4O3S/c1-12-9-17(22(20-12)14-7-8-26(24,25)11-14)19-18(23)16-10-13-5-3-4-6-15(13)21(16)2/h3-6,9-10,14H,7-8,11H2,1-2H3,(H,19,23)/t14-/m1/s1. The van der Waals surface area contributed by atoms with Crippen molar-refractivity contribution in [3.63, 3.8) is 0 Å². The second-order valence-corrected chi connectivity index (χ2v) is 9.00. The molecule has 0 unspecified atom stereocenters. The Balaban J connectivity index is 1.65. The van der Waals surface area contributed by atoms with E-state index in [4.69, 9.17) is 0 Å². The summed E-state index contributed by atoms with van der Waals surface area (Å²) in [5, 5.41) is 8.29. The normalized spacial score (nSPS) is 19.1. The molecule has 7 nitrogen and oxygen atoms in total. The van der Waals surface area contributed by atoms with E-state index in [2.05, 4.69) is 10.4 Å². The first-order valence-corrected chi connectivity index (χ1v) is 10.3. The molecule has 26 heavy (non-hydrogen) atoms. The van der Waals surface area contributed by atoms with Gasteiger partial charge in [0.05, 0.1) is 23.2 Å². The van der Waals surface area contributed by atoms with Crippen LogP contribution in [0.25, 0.3) is 10.9 Å². The maximum Gasteiger partial charge on any atom is 0.273 e. The molecule has 0 radical (unpaired) electrons. The van der Waals surface area contributed by atoms with Crippen molar-refractivity contribution in [2.45, 2.75) is 19.4 Å². The molecule has 136 valence electrons. The first-order valence-electron chi connectivity index (χ1n) is 8.46. The van der Waals surface area contributed by atoms with Crippen LogP contribution in [0.5, 0.6) is 0 Å². The van der Waals surface area contributed by atoms with Gasteiger partial charge in [0.15, 0.2) is 9.84 Å². The minimum atomic E-state index is -3.03. The fraction of sp³-hybridized carbons (Fsp3) is 0.333. The summed E-state index contributed by atoms with van der Waals surface area (Å²) in [7, 11) is -1.18. The highest BCUT2D eigenvalue weighted by molar-refractivity contribution is 7.91. The first-order chi connectivity index (χ1) is 12.3. The third-order valence-corrected chi connectivity index (χ3v) is 6.59. The van der Waals surface area contributed by atoms with Gasteiger partial charge in [-0.05, 0) is 25.5 Å². The van der Waals surface area contributed by atoms with Crippen LogP contribution in [-0.4, -0.2) is 40.2 Å². The Morgan fingerprint density at radius 1 is 1.27 bits per heavy atom. The summed E-state index contributed by atoms with van der Waals surface area (Å²) in [4.78, 5) is 12.8. The van der Waals surface area contributed by atoms with Gasteiger partial charge in [0.1, 0.15) is 11.5 Å². The molecular weight excluding hydrogens is 352 g/mol. The molecule has 3 heterocycles. The fourth-order valence-electron chi connectivity index (χ4n) is 3.54. The number of benzene rings is 1. The monoisotopic (exact) mass is 372 g/mol. The molecule has 2 aromatic heterocycles. The molecule has 1 N–H and O–H groups in total. The summed E-state index contributed by atoms with van der Waals surface area (Å²) in [5.74, 6) is 0.503. The molecule has 1 amide bonds. The largest absolute Gasteiger partial charge is 0.340 e. The molecule has 1 aliphatic rings. The summed E-state index contributed by atoms with van der Waals surface area (Å²) in [6, 6.07) is 11.2. The summed E-state index contributed by atoms with van der Waals surface area (Å²) in [6.07, 6.45) is 0.514. The zero-order valence-electron chi connectivity index (χ0n) is 14.6. The second-order valence-electron chi connectivity index (χ2n) is 6.77. The van der Waals surface area contributed by atoms with E-state index in [1.165, 1.54) is 0 Å². The van der Waals surface area contributed by atoms with E-state index in [9.17, 15) is 13.2 Å². The molecule has 1 fully saturated rings. The topological polar surface area (TPSA) is 86.0 Å². The molecule has 0 spiro atoms. The molecule has 8 heteroatoms. The molecule has 4 rings (SSSR count). The molecule has 1 saturated heterocycles. The predicted molar refractivity (Wildman–Crippen MR) is 100 cm³/mol. The molecule has 1 atom stereocenters. The van der Waals surface area contributed by atoms with Crippen LogP contribution < -0.4 is 5.32 Å². The van der Waals surface area contributed by atoms with Crippen molar-refractivity contribution in [3.8, 4) is 0 Å². The predicted octanol–water partition coefficient (Wildman–Crippen LogP) is 2.30. The molecule has 1 aromatic carbocycles. The van der Waals surface area contributed by atoms with Gasteiger partial charge >= 0.3 is 0 Å². The highest BCUT2D eigenvalue weighted by Gasteiger charge is 2.31. The van der Waals surface area contributed by atoms with Gasteiger partial charge in [-0.25, -0.2) is 13.1 Å². The van der Waals surface area contributed by atoms with E-state index in [-0.39, 0.29) is 23.5 Å². The van der Waals surface area contributed by atoms with Crippen molar-refractivity contribution in [3.05, 3.63) is 47.8 Å². The number of amides is 1. The van der Waals surface area contributed by atoms with Gasteiger partial charge in [-0.3, -0.25) is 4.79 Å². The third kappa shape index (κ3) is 2.90. The van der Waals surface area contributed by atoms with Gasteiger partial charge in [-0.2, -0.15) is 5.10 Å². The van der Waals surface area contributed by atoms with E-state index in [1.807, 2.05) is 48.9 Å². The van der Waals surface area contributed by atoms with Crippen LogP contribution in [0.3, 0.4) is 0 Å². The number of carbonyl (C=O) groups excluding carboxylic acids is 1. The number of anilines is 1. The van der Waals surface area contributed by atoms with Gasteiger partial charge in [0, 0.05) is 24.0 Å². The van der Waals surface area contributed by atoms with Crippen molar-refractivity contribution >= 4 is 32.5 Å². The van der Waals surface area contributed by atoms with Crippen molar-refractivity contribution in [2.24, 2.45) is 7.05 Å². The Morgan fingerprint density at radius 2 is 2.04 bits per heavy atom. The van der Waals surface area contributed by atoms with Crippen LogP contribution in [0.1, 0.15) is 28.6 Å². The van der Waals surface area contributed by atoms with E-state index in [0.717, 1.165) is 16.6 Å². The van der Waals surface area contributed by atoms with Crippen LogP contribution in [0.15, 0.2) is 36.4 Å². The first kappa shape index (κ1) is 16.8. The van der Waals surface area contributed by atoms with Gasteiger partial charge < -0.3 is 9.88 Å². The van der Waals surface area contributed by atoms with Gasteiger partial charge in [-0.1, -0.05) is 18.2 Å². The second kappa shape index (κ2) is 5.98. The SMILES string of the molecule is Cc1cc(NC(=O)c2cc3ccccc3n2C)n([C@@H]2CCS(=O)(=O)C2)n1. The molecule has 0 bridgehead atoms. The van der Waals surface area contributed by atoms with E-state index in [0.29, 0.717) is 17.9 Å². The summed E-state index contributed by atoms with van der Waals surface area (Å²) >= 11 is 0. The third-order valence-electron chi connectivity index (χ3n) is 4.84. The average molecular weight is 372 g/mol. The number of carbonyl (C=O) groups is 1. The Hall–Kier alpha value is -2.61. The molecule has 0 saturated carbocycles. The Labute approximate surface area is 151 Å². The fourth-order valence-corrected chi connectivity index (χ4v) is 5.24. The van der Waals surface area contributed by atoms with Crippen molar-refractivity contribution in [1.29, 1.82) is 0 Å². The van der Waals surface area contributed by atoms with Crippen LogP contribution >= 0.6 is 0 Å². The number of fused-ring (bicyclic) bond motifs is 1. The highest BCUT2D eigenvalue weighted by atomic mass is 32.2. The zero-order valence-corrected chi connectivity index (χ0v) is 15.5. The van der Waals surface area contributed by atoms with E-state index < -0.39 is 9.84 Å². The average Bonchev–Trinajstić information content (AvgIpc) is 3.23. The van der Waals surface area contributed by atoms with Crippen molar-refractivity contribution < 1.29 is 13.2 Å². The maximum atomic E-state index is 12.8. The van der Waals surface area contributed by atoms with Crippen molar-refractivity contribution in [2.75, 3.05) is 16.8 Å². The highest BCUT2D eigenvalue weighted by Crippen LogP contribution is 2.27. The lowest BCUT2D eigenvalue weighted by Crippen LogP contribution is -2.21. The minimum Gasteiger partial charge on any atom is -0.340 e. The number of nitrogens with zero attached hydrogens (tertiary/aromatic N) is 3. The number of para-hydroxylation sites is 1. The molecule has 1 aliphatic heterocycles. The number of sulfone groups is 1. The Bertz CT molecular complexity index is 1110. The smallest absolute Gasteiger partial charge is 0.273 e. The summed E-state index contributed by atoms with van der Waals surface area (Å²) < 4.78 is 27.1. The Morgan fingerprint density at radius 3 is 2.73 bits per heavy atom. The maximum absolute atomic E-state index is 12.8. The van der Waals surface area contributed by atoms with Crippen LogP contribution in [-0.2, 0) is 16.9 Å². The number of rotatable bonds is 3. The van der Waals surface area contributed by atoms with E-state index in [1.54, 1.807) is 10.7 Å². The van der Waals surface area contributed by atoms with Crippen LogP contribution in [0, 0.1) is 6.92 Å². The lowest BCUT2D eigenvalue weighted by Gasteiger charge is -2.14. The number of aromatic nitrogens is 3. The van der Waals surface area contributed by atoms with Crippen LogP contribution in [0.2, 0.25) is 0 Å². The number of hydrogen-bond acceptors (Lipinski definition) is 4. The Kier molecular flexibility index (Phi) is 3.87. The number of aryl methyl sites for hydroxylation is 2. The summed E-state index contributed by atoms with van der Waals surface area (Å²) in [6.45, 7) is 1.83. The lowest BCUT2D eigenvalue weighted by atomic mass is 10.2. The van der Waals surface area contributed by atoms with Gasteiger partial charge in [0.2, 0.25) is 0 Å². The molecule has 0 aliphatic carbocycles. The van der Waals surface area contributed by atoms with Gasteiger partial charge in [0.25, 0.3) is 5.91 Å².